The number of H-pyrrole nitrogens is 1. The number of pyridine rings is 1. The van der Waals surface area contributed by atoms with Crippen molar-refractivity contribution in [3.63, 3.8) is 0 Å². The number of nitrogens with one attached hydrogen (secondary N) is 1. The van der Waals surface area contributed by atoms with Gasteiger partial charge in [-0.1, -0.05) is 12.1 Å². The van der Waals surface area contributed by atoms with Crippen LogP contribution >= 0.6 is 0 Å². The molecule has 22 heavy (non-hydrogen) atoms. The lowest BCUT2D eigenvalue weighted by atomic mass is 10.0. The van der Waals surface area contributed by atoms with Gasteiger partial charge in [0.15, 0.2) is 0 Å². The van der Waals surface area contributed by atoms with E-state index in [9.17, 15) is 9.90 Å². The molecule has 0 fully saturated rings. The van der Waals surface area contributed by atoms with Gasteiger partial charge in [0.2, 0.25) is 0 Å². The van der Waals surface area contributed by atoms with Crippen molar-refractivity contribution >= 4 is 28.7 Å². The summed E-state index contributed by atoms with van der Waals surface area (Å²) in [6, 6.07) is 10.7. The Hall–Kier alpha value is -3.08. The number of nitrogens with zero attached hydrogens (tertiary/aromatic N) is 1. The van der Waals surface area contributed by atoms with Gasteiger partial charge in [-0.2, -0.15) is 0 Å². The molecule has 0 unspecified atom stereocenters. The van der Waals surface area contributed by atoms with Gasteiger partial charge >= 0.3 is 5.97 Å². The summed E-state index contributed by atoms with van der Waals surface area (Å²) < 4.78 is 5.09. The average molecular weight is 294 g/mol. The van der Waals surface area contributed by atoms with Crippen LogP contribution in [0.3, 0.4) is 0 Å². The van der Waals surface area contributed by atoms with Crippen LogP contribution in [0.4, 0.5) is 0 Å². The van der Waals surface area contributed by atoms with Gasteiger partial charge in [-0.15, -0.1) is 0 Å². The van der Waals surface area contributed by atoms with Crippen molar-refractivity contribution in [2.75, 3.05) is 7.11 Å². The SMILES string of the molecule is COc1ccc(/C(=C/c2c[nH]c3ncccc23)C(=O)O)cc1. The Kier molecular flexibility index (Phi) is 3.62. The zero-order chi connectivity index (χ0) is 15.5. The molecule has 0 saturated carbocycles. The van der Waals surface area contributed by atoms with Gasteiger partial charge in [0.05, 0.1) is 12.7 Å². The van der Waals surface area contributed by atoms with Crippen LogP contribution in [0.25, 0.3) is 22.7 Å². The van der Waals surface area contributed by atoms with Crippen LogP contribution in [-0.2, 0) is 4.79 Å². The van der Waals surface area contributed by atoms with Crippen molar-refractivity contribution in [3.05, 3.63) is 59.9 Å². The van der Waals surface area contributed by atoms with E-state index < -0.39 is 5.97 Å². The largest absolute Gasteiger partial charge is 0.497 e. The third-order valence-corrected chi connectivity index (χ3v) is 3.41. The molecule has 0 amide bonds. The maximum absolute atomic E-state index is 11.6. The van der Waals surface area contributed by atoms with Crippen LogP contribution in [0.5, 0.6) is 5.75 Å². The number of aromatic nitrogens is 2. The van der Waals surface area contributed by atoms with Gasteiger partial charge in [0.1, 0.15) is 11.4 Å². The van der Waals surface area contributed by atoms with Crippen LogP contribution in [-0.4, -0.2) is 28.2 Å². The number of hydrogen-bond acceptors (Lipinski definition) is 3. The summed E-state index contributed by atoms with van der Waals surface area (Å²) in [5.41, 5.74) is 2.35. The molecular weight excluding hydrogens is 280 g/mol. The first kappa shape index (κ1) is 13.9. The lowest BCUT2D eigenvalue weighted by Gasteiger charge is -2.04. The van der Waals surface area contributed by atoms with E-state index in [0.717, 1.165) is 16.6 Å². The standard InChI is InChI=1S/C17H14N2O3/c1-22-13-6-4-11(5-7-13)15(17(20)21)9-12-10-19-16-14(12)3-2-8-18-16/h2-10H,1H3,(H,18,19)(H,20,21)/b15-9-. The maximum atomic E-state index is 11.6. The van der Waals surface area contributed by atoms with Gasteiger partial charge in [-0.3, -0.25) is 0 Å². The highest BCUT2D eigenvalue weighted by molar-refractivity contribution is 6.21. The molecule has 0 atom stereocenters. The van der Waals surface area contributed by atoms with Crippen molar-refractivity contribution in [1.82, 2.24) is 9.97 Å². The number of carboxylic acids is 1. The summed E-state index contributed by atoms with van der Waals surface area (Å²) >= 11 is 0. The second kappa shape index (κ2) is 5.73. The number of benzene rings is 1. The Morgan fingerprint density at radius 3 is 2.73 bits per heavy atom. The highest BCUT2D eigenvalue weighted by Crippen LogP contribution is 2.24. The molecule has 2 N–H and O–H groups in total. The fourth-order valence-electron chi connectivity index (χ4n) is 2.29. The van der Waals surface area contributed by atoms with Gasteiger partial charge in [-0.25, -0.2) is 9.78 Å². The van der Waals surface area contributed by atoms with Crippen LogP contribution in [0.1, 0.15) is 11.1 Å². The number of aromatic amines is 1. The second-order valence-corrected chi connectivity index (χ2v) is 4.74. The van der Waals surface area contributed by atoms with E-state index in [1.807, 2.05) is 12.1 Å². The summed E-state index contributed by atoms with van der Waals surface area (Å²) in [5, 5.41) is 10.4. The predicted molar refractivity (Wildman–Crippen MR) is 84.6 cm³/mol. The summed E-state index contributed by atoms with van der Waals surface area (Å²) in [7, 11) is 1.57. The van der Waals surface area contributed by atoms with E-state index in [1.165, 1.54) is 0 Å². The van der Waals surface area contributed by atoms with E-state index in [0.29, 0.717) is 11.3 Å². The minimum atomic E-state index is -0.983. The zero-order valence-corrected chi connectivity index (χ0v) is 11.9. The van der Waals surface area contributed by atoms with Gasteiger partial charge < -0.3 is 14.8 Å². The first-order chi connectivity index (χ1) is 10.7. The molecule has 0 aliphatic rings. The molecule has 3 rings (SSSR count). The molecular formula is C17H14N2O3. The van der Waals surface area contributed by atoms with E-state index in [2.05, 4.69) is 9.97 Å². The number of methoxy groups -OCH3 is 1. The van der Waals surface area contributed by atoms with E-state index >= 15 is 0 Å². The van der Waals surface area contributed by atoms with Gasteiger partial charge in [0.25, 0.3) is 0 Å². The van der Waals surface area contributed by atoms with Crippen molar-refractivity contribution in [2.24, 2.45) is 0 Å². The lowest BCUT2D eigenvalue weighted by Crippen LogP contribution is -1.99. The molecule has 0 spiro atoms. The third kappa shape index (κ3) is 2.56. The number of aliphatic carboxylic acids is 1. The molecule has 1 aromatic carbocycles. The Bertz CT molecular complexity index is 848. The number of carbonyl (C=O) groups is 1. The number of rotatable bonds is 4. The molecule has 3 aromatic rings. The first-order valence-corrected chi connectivity index (χ1v) is 6.70. The van der Waals surface area contributed by atoms with Crippen molar-refractivity contribution < 1.29 is 14.6 Å². The van der Waals surface area contributed by atoms with Crippen LogP contribution < -0.4 is 4.74 Å². The van der Waals surface area contributed by atoms with Gasteiger partial charge in [0, 0.05) is 23.3 Å². The number of ether oxygens (including phenoxy) is 1. The Morgan fingerprint density at radius 1 is 1.27 bits per heavy atom. The molecule has 0 saturated heterocycles. The smallest absolute Gasteiger partial charge is 0.336 e. The van der Waals surface area contributed by atoms with E-state index in [1.54, 1.807) is 49.8 Å². The highest BCUT2D eigenvalue weighted by atomic mass is 16.5. The second-order valence-electron chi connectivity index (χ2n) is 4.74. The molecule has 0 aliphatic carbocycles. The Labute approximate surface area is 126 Å². The minimum absolute atomic E-state index is 0.215. The minimum Gasteiger partial charge on any atom is -0.497 e. The molecule has 0 radical (unpaired) electrons. The van der Waals surface area contributed by atoms with Crippen molar-refractivity contribution in [1.29, 1.82) is 0 Å². The third-order valence-electron chi connectivity index (χ3n) is 3.41. The zero-order valence-electron chi connectivity index (χ0n) is 11.9. The topological polar surface area (TPSA) is 75.2 Å². The molecule has 5 nitrogen and oxygen atoms in total. The maximum Gasteiger partial charge on any atom is 0.336 e. The summed E-state index contributed by atoms with van der Waals surface area (Å²) in [6.45, 7) is 0. The number of carboxylic acid groups (broad SMARTS) is 1. The van der Waals surface area contributed by atoms with Crippen LogP contribution in [0, 0.1) is 0 Å². The predicted octanol–water partition coefficient (Wildman–Crippen LogP) is 3.20. The average Bonchev–Trinajstić information content (AvgIpc) is 2.95. The van der Waals surface area contributed by atoms with Crippen molar-refractivity contribution in [3.8, 4) is 5.75 Å². The van der Waals surface area contributed by atoms with E-state index in [4.69, 9.17) is 4.74 Å². The number of fused-ring (bicyclic) bond motifs is 1. The molecule has 2 heterocycles. The highest BCUT2D eigenvalue weighted by Gasteiger charge is 2.12. The van der Waals surface area contributed by atoms with E-state index in [-0.39, 0.29) is 5.57 Å². The summed E-state index contributed by atoms with van der Waals surface area (Å²) in [5.74, 6) is -0.298. The Morgan fingerprint density at radius 2 is 2.05 bits per heavy atom. The molecule has 2 aromatic heterocycles. The molecule has 0 aliphatic heterocycles. The van der Waals surface area contributed by atoms with Crippen molar-refractivity contribution in [2.45, 2.75) is 0 Å². The fourth-order valence-corrected chi connectivity index (χ4v) is 2.29. The van der Waals surface area contributed by atoms with Crippen LogP contribution in [0.2, 0.25) is 0 Å². The lowest BCUT2D eigenvalue weighted by molar-refractivity contribution is -0.130. The quantitative estimate of drug-likeness (QED) is 0.725. The van der Waals surface area contributed by atoms with Gasteiger partial charge in [-0.05, 0) is 35.9 Å². The monoisotopic (exact) mass is 294 g/mol. The fraction of sp³-hybridized carbons (Fsp3) is 0.0588. The molecule has 0 bridgehead atoms. The first-order valence-electron chi connectivity index (χ1n) is 6.70. The number of hydrogen-bond donors (Lipinski definition) is 2. The molecule has 5 heteroatoms. The summed E-state index contributed by atoms with van der Waals surface area (Å²) in [6.07, 6.45) is 5.09. The molecule has 110 valence electrons. The summed E-state index contributed by atoms with van der Waals surface area (Å²) in [4.78, 5) is 18.8. The van der Waals surface area contributed by atoms with Crippen LogP contribution in [0.15, 0.2) is 48.8 Å². The Balaban J connectivity index is 2.08. The normalized spacial score (nSPS) is 11.6.